The van der Waals surface area contributed by atoms with Crippen molar-refractivity contribution in [2.45, 2.75) is 6.54 Å². The summed E-state index contributed by atoms with van der Waals surface area (Å²) in [6, 6.07) is 15.7. The maximum absolute atomic E-state index is 11.3. The molecule has 11 nitrogen and oxygen atoms in total. The first-order chi connectivity index (χ1) is 18.9. The average molecular weight is 527 g/mol. The van der Waals surface area contributed by atoms with Crippen molar-refractivity contribution < 1.29 is 24.1 Å². The number of aromatic nitrogens is 4. The van der Waals surface area contributed by atoms with Gasteiger partial charge in [-0.2, -0.15) is 0 Å². The summed E-state index contributed by atoms with van der Waals surface area (Å²) < 4.78 is 17.1. The lowest BCUT2D eigenvalue weighted by Crippen LogP contribution is -2.26. The van der Waals surface area contributed by atoms with E-state index in [4.69, 9.17) is 14.2 Å². The lowest BCUT2D eigenvalue weighted by Gasteiger charge is -2.23. The van der Waals surface area contributed by atoms with Gasteiger partial charge in [0.05, 0.1) is 37.3 Å². The van der Waals surface area contributed by atoms with Gasteiger partial charge in [-0.3, -0.25) is 4.90 Å². The zero-order valence-corrected chi connectivity index (χ0v) is 21.6. The van der Waals surface area contributed by atoms with Gasteiger partial charge in [-0.1, -0.05) is 12.1 Å². The molecule has 6 rings (SSSR count). The molecule has 2 N–H and O–H groups in total. The van der Waals surface area contributed by atoms with Crippen molar-refractivity contribution in [2.24, 2.45) is 0 Å². The van der Waals surface area contributed by atoms with E-state index >= 15 is 0 Å². The van der Waals surface area contributed by atoms with Gasteiger partial charge in [0.15, 0.2) is 11.5 Å². The SMILES string of the molecule is COc1cc2ncnc(N3CCOc4ccc(-c5ccc6nc(N(C)C(=O)O)[nH]c6c5)cc4C3)c2cc1OC. The van der Waals surface area contributed by atoms with Crippen molar-refractivity contribution in [2.75, 3.05) is 44.2 Å². The van der Waals surface area contributed by atoms with Crippen LogP contribution in [0.25, 0.3) is 33.1 Å². The van der Waals surface area contributed by atoms with Gasteiger partial charge in [0.2, 0.25) is 5.95 Å². The predicted molar refractivity (Wildman–Crippen MR) is 147 cm³/mol. The van der Waals surface area contributed by atoms with Gasteiger partial charge in [-0.25, -0.2) is 19.7 Å². The van der Waals surface area contributed by atoms with Gasteiger partial charge >= 0.3 is 6.09 Å². The van der Waals surface area contributed by atoms with Crippen molar-refractivity contribution in [3.8, 4) is 28.4 Å². The van der Waals surface area contributed by atoms with Crippen molar-refractivity contribution >= 4 is 39.8 Å². The van der Waals surface area contributed by atoms with E-state index < -0.39 is 6.09 Å². The zero-order valence-electron chi connectivity index (χ0n) is 21.6. The van der Waals surface area contributed by atoms with Crippen LogP contribution < -0.4 is 24.0 Å². The molecular weight excluding hydrogens is 500 g/mol. The number of H-pyrrole nitrogens is 1. The van der Waals surface area contributed by atoms with Crippen LogP contribution in [0.2, 0.25) is 0 Å². The van der Waals surface area contributed by atoms with Gasteiger partial charge in [-0.05, 0) is 41.5 Å². The van der Waals surface area contributed by atoms with E-state index in [1.807, 2.05) is 42.5 Å². The number of methoxy groups -OCH3 is 2. The Morgan fingerprint density at radius 1 is 1.03 bits per heavy atom. The highest BCUT2D eigenvalue weighted by molar-refractivity contribution is 5.92. The molecule has 0 saturated carbocycles. The van der Waals surface area contributed by atoms with Crippen LogP contribution in [0.1, 0.15) is 5.56 Å². The van der Waals surface area contributed by atoms with Crippen LogP contribution in [0.3, 0.4) is 0 Å². The zero-order chi connectivity index (χ0) is 27.1. The Labute approximate surface area is 223 Å². The van der Waals surface area contributed by atoms with Crippen LogP contribution in [0.15, 0.2) is 54.9 Å². The van der Waals surface area contributed by atoms with Gasteiger partial charge in [0, 0.05) is 30.6 Å². The fourth-order valence-corrected chi connectivity index (χ4v) is 4.80. The summed E-state index contributed by atoms with van der Waals surface area (Å²) in [7, 11) is 4.66. The number of anilines is 2. The monoisotopic (exact) mass is 526 g/mol. The number of hydrogen-bond donors (Lipinski definition) is 2. The van der Waals surface area contributed by atoms with Crippen molar-refractivity contribution in [1.82, 2.24) is 19.9 Å². The summed E-state index contributed by atoms with van der Waals surface area (Å²) in [5, 5.41) is 10.1. The Bertz CT molecular complexity index is 1720. The second-order valence-electron chi connectivity index (χ2n) is 9.15. The second-order valence-corrected chi connectivity index (χ2v) is 9.15. The summed E-state index contributed by atoms with van der Waals surface area (Å²) in [6.45, 7) is 1.74. The van der Waals surface area contributed by atoms with Gasteiger partial charge in [-0.15, -0.1) is 0 Å². The number of amides is 1. The largest absolute Gasteiger partial charge is 0.493 e. The Balaban J connectivity index is 1.36. The molecule has 3 aromatic carbocycles. The van der Waals surface area contributed by atoms with Crippen LogP contribution in [-0.4, -0.2) is 65.6 Å². The highest BCUT2D eigenvalue weighted by Gasteiger charge is 2.21. The maximum atomic E-state index is 11.3. The quantitative estimate of drug-likeness (QED) is 0.335. The Hall–Kier alpha value is -5.06. The third-order valence-electron chi connectivity index (χ3n) is 6.87. The van der Waals surface area contributed by atoms with Gasteiger partial charge in [0.25, 0.3) is 0 Å². The number of benzene rings is 3. The molecule has 0 spiro atoms. The standard InChI is InChI=1S/C28H26N6O5/c1-33(28(35)36)27-31-20-6-4-17(11-22(20)32-27)16-5-7-23-18(10-16)14-34(8-9-39-23)26-19-12-24(37-2)25(38-3)13-21(19)29-15-30-26/h4-7,10-13,15H,8-9,14H2,1-3H3,(H,31,32)(H,35,36). The van der Waals surface area contributed by atoms with Crippen molar-refractivity contribution in [3.05, 3.63) is 60.4 Å². The minimum absolute atomic E-state index is 0.270. The number of imidazole rings is 1. The number of carboxylic acid groups (broad SMARTS) is 1. The third-order valence-corrected chi connectivity index (χ3v) is 6.87. The van der Waals surface area contributed by atoms with E-state index in [9.17, 15) is 9.90 Å². The van der Waals surface area contributed by atoms with E-state index in [1.165, 1.54) is 7.05 Å². The molecule has 5 aromatic rings. The number of rotatable bonds is 5. The van der Waals surface area contributed by atoms with E-state index in [-0.39, 0.29) is 5.95 Å². The molecule has 0 radical (unpaired) electrons. The lowest BCUT2D eigenvalue weighted by atomic mass is 10.0. The Kier molecular flexibility index (Phi) is 6.02. The average Bonchev–Trinajstić information content (AvgIpc) is 3.27. The van der Waals surface area contributed by atoms with Crippen LogP contribution in [-0.2, 0) is 6.54 Å². The molecule has 3 heterocycles. The molecule has 11 heteroatoms. The van der Waals surface area contributed by atoms with Crippen LogP contribution >= 0.6 is 0 Å². The maximum Gasteiger partial charge on any atom is 0.413 e. The fraction of sp³-hybridized carbons (Fsp3) is 0.214. The third kappa shape index (κ3) is 4.37. The molecule has 0 unspecified atom stereocenters. The number of nitrogens with zero attached hydrogens (tertiary/aromatic N) is 5. The van der Waals surface area contributed by atoms with E-state index in [0.29, 0.717) is 36.7 Å². The van der Waals surface area contributed by atoms with Gasteiger partial charge < -0.3 is 29.2 Å². The normalized spacial score (nSPS) is 13.1. The minimum Gasteiger partial charge on any atom is -0.493 e. The summed E-state index contributed by atoms with van der Waals surface area (Å²) in [4.78, 5) is 31.1. The van der Waals surface area contributed by atoms with Gasteiger partial charge in [0.1, 0.15) is 24.5 Å². The first-order valence-electron chi connectivity index (χ1n) is 12.3. The molecule has 0 bridgehead atoms. The summed E-state index contributed by atoms with van der Waals surface area (Å²) in [5.74, 6) is 3.11. The molecule has 0 fully saturated rings. The number of fused-ring (bicyclic) bond motifs is 3. The number of aromatic amines is 1. The molecule has 1 aliphatic heterocycles. The molecule has 2 aromatic heterocycles. The topological polar surface area (TPSA) is 126 Å². The lowest BCUT2D eigenvalue weighted by molar-refractivity contribution is 0.203. The highest BCUT2D eigenvalue weighted by Crippen LogP contribution is 2.37. The van der Waals surface area contributed by atoms with E-state index in [2.05, 4.69) is 30.9 Å². The Morgan fingerprint density at radius 3 is 2.59 bits per heavy atom. The molecule has 0 aliphatic carbocycles. The minimum atomic E-state index is -1.08. The molecule has 0 atom stereocenters. The Morgan fingerprint density at radius 2 is 1.79 bits per heavy atom. The van der Waals surface area contributed by atoms with Crippen LogP contribution in [0, 0.1) is 0 Å². The summed E-state index contributed by atoms with van der Waals surface area (Å²) in [6.07, 6.45) is 0.473. The van der Waals surface area contributed by atoms with Crippen molar-refractivity contribution in [3.63, 3.8) is 0 Å². The molecule has 39 heavy (non-hydrogen) atoms. The number of ether oxygens (including phenoxy) is 3. The summed E-state index contributed by atoms with van der Waals surface area (Å²) in [5.41, 5.74) is 5.20. The van der Waals surface area contributed by atoms with E-state index in [1.54, 1.807) is 20.5 Å². The molecule has 1 aliphatic rings. The summed E-state index contributed by atoms with van der Waals surface area (Å²) >= 11 is 0. The molecular formula is C28H26N6O5. The second kappa shape index (κ2) is 9.67. The predicted octanol–water partition coefficient (Wildman–Crippen LogP) is 4.70. The molecule has 0 saturated heterocycles. The number of nitrogens with one attached hydrogen (secondary N) is 1. The highest BCUT2D eigenvalue weighted by atomic mass is 16.5. The molecule has 198 valence electrons. The van der Waals surface area contributed by atoms with E-state index in [0.717, 1.165) is 49.6 Å². The smallest absolute Gasteiger partial charge is 0.413 e. The number of carbonyl (C=O) groups is 1. The first-order valence-corrected chi connectivity index (χ1v) is 12.3. The fourth-order valence-electron chi connectivity index (χ4n) is 4.80. The van der Waals surface area contributed by atoms with Crippen LogP contribution in [0.4, 0.5) is 16.6 Å². The molecule has 1 amide bonds. The van der Waals surface area contributed by atoms with Crippen molar-refractivity contribution in [1.29, 1.82) is 0 Å². The van der Waals surface area contributed by atoms with Crippen LogP contribution in [0.5, 0.6) is 17.2 Å². The first kappa shape index (κ1) is 24.3. The number of hydrogen-bond acceptors (Lipinski definition) is 8.